The molecule has 29 heavy (non-hydrogen) atoms. The quantitative estimate of drug-likeness (QED) is 0.381. The fraction of sp³-hybridized carbons (Fsp3) is 0.217. The van der Waals surface area contributed by atoms with Crippen molar-refractivity contribution in [1.82, 2.24) is 9.97 Å². The zero-order valence-corrected chi connectivity index (χ0v) is 17.4. The van der Waals surface area contributed by atoms with Gasteiger partial charge < -0.3 is 10.4 Å². The Labute approximate surface area is 178 Å². The van der Waals surface area contributed by atoms with E-state index in [1.165, 1.54) is 28.8 Å². The minimum absolute atomic E-state index is 0.148. The molecule has 2 aromatic carbocycles. The van der Waals surface area contributed by atoms with Crippen molar-refractivity contribution in [3.63, 3.8) is 0 Å². The fourth-order valence-electron chi connectivity index (χ4n) is 3.89. The first-order valence-corrected chi connectivity index (χ1v) is 11.0. The van der Waals surface area contributed by atoms with Crippen LogP contribution in [0.2, 0.25) is 5.02 Å². The van der Waals surface area contributed by atoms with Gasteiger partial charge in [0.2, 0.25) is 0 Å². The molecule has 0 aliphatic heterocycles. The van der Waals surface area contributed by atoms with E-state index in [9.17, 15) is 5.11 Å². The van der Waals surface area contributed by atoms with Gasteiger partial charge in [-0.2, -0.15) is 0 Å². The molecule has 0 fully saturated rings. The largest absolute Gasteiger partial charge is 0.506 e. The number of aromatic hydroxyl groups is 1. The van der Waals surface area contributed by atoms with Crippen LogP contribution in [0, 0.1) is 0 Å². The summed E-state index contributed by atoms with van der Waals surface area (Å²) < 4.78 is 0. The lowest BCUT2D eigenvalue weighted by molar-refractivity contribution is 0.477. The molecule has 6 heteroatoms. The second kappa shape index (κ2) is 7.65. The van der Waals surface area contributed by atoms with Gasteiger partial charge in [-0.15, -0.1) is 11.3 Å². The molecule has 0 spiro atoms. The van der Waals surface area contributed by atoms with E-state index < -0.39 is 0 Å². The Morgan fingerprint density at radius 3 is 2.72 bits per heavy atom. The molecule has 0 radical (unpaired) electrons. The van der Waals surface area contributed by atoms with E-state index >= 15 is 0 Å². The third-order valence-electron chi connectivity index (χ3n) is 5.28. The average molecular weight is 422 g/mol. The molecule has 2 heterocycles. The van der Waals surface area contributed by atoms with E-state index in [0.29, 0.717) is 17.1 Å². The first kappa shape index (κ1) is 18.4. The Kier molecular flexibility index (Phi) is 4.86. The molecule has 5 rings (SSSR count). The van der Waals surface area contributed by atoms with E-state index in [1.807, 2.05) is 18.2 Å². The predicted octanol–water partition coefficient (Wildman–Crippen LogP) is 6.26. The molecule has 0 bridgehead atoms. The number of aromatic nitrogens is 2. The number of nitrogens with one attached hydrogen (secondary N) is 1. The number of anilines is 2. The summed E-state index contributed by atoms with van der Waals surface area (Å²) in [7, 11) is 0. The molecule has 4 aromatic rings. The molecule has 0 atom stereocenters. The Bertz CT molecular complexity index is 1190. The highest BCUT2D eigenvalue weighted by Crippen LogP contribution is 2.40. The van der Waals surface area contributed by atoms with E-state index in [4.69, 9.17) is 21.6 Å². The lowest BCUT2D eigenvalue weighted by Crippen LogP contribution is -2.04. The van der Waals surface area contributed by atoms with E-state index in [-0.39, 0.29) is 5.75 Å². The van der Waals surface area contributed by atoms with Crippen LogP contribution in [0.4, 0.5) is 11.5 Å². The van der Waals surface area contributed by atoms with E-state index in [2.05, 4.69) is 17.4 Å². The number of benzene rings is 2. The van der Waals surface area contributed by atoms with E-state index in [1.54, 1.807) is 29.5 Å². The lowest BCUT2D eigenvalue weighted by Gasteiger charge is -2.14. The van der Waals surface area contributed by atoms with Crippen molar-refractivity contribution in [2.45, 2.75) is 32.1 Å². The summed E-state index contributed by atoms with van der Waals surface area (Å²) in [6, 6.07) is 15.2. The van der Waals surface area contributed by atoms with Gasteiger partial charge in [-0.1, -0.05) is 41.9 Å². The molecule has 0 unspecified atom stereocenters. The SMILES string of the molecule is Oc1ccc(Cl)cc1Nc1nc(Cc2ccccc2)nc2sc3c(c12)CCCC3. The summed E-state index contributed by atoms with van der Waals surface area (Å²) >= 11 is 7.93. The third-order valence-corrected chi connectivity index (χ3v) is 6.70. The number of phenols is 1. The van der Waals surface area contributed by atoms with Gasteiger partial charge in [0.1, 0.15) is 22.2 Å². The highest BCUT2D eigenvalue weighted by molar-refractivity contribution is 7.19. The van der Waals surface area contributed by atoms with Gasteiger partial charge in [0.15, 0.2) is 0 Å². The molecule has 0 saturated heterocycles. The zero-order valence-electron chi connectivity index (χ0n) is 15.8. The number of hydrogen-bond acceptors (Lipinski definition) is 5. The number of rotatable bonds is 4. The summed E-state index contributed by atoms with van der Waals surface area (Å²) in [5, 5.41) is 15.3. The van der Waals surface area contributed by atoms with Gasteiger partial charge in [-0.05, 0) is 55.0 Å². The monoisotopic (exact) mass is 421 g/mol. The molecule has 146 valence electrons. The molecular formula is C23H20ClN3OS. The maximum atomic E-state index is 10.3. The summed E-state index contributed by atoms with van der Waals surface area (Å²) in [6.45, 7) is 0. The number of halogens is 1. The zero-order chi connectivity index (χ0) is 19.8. The molecule has 0 saturated carbocycles. The maximum absolute atomic E-state index is 10.3. The Balaban J connectivity index is 1.64. The third kappa shape index (κ3) is 3.68. The summed E-state index contributed by atoms with van der Waals surface area (Å²) in [5.74, 6) is 1.67. The van der Waals surface area contributed by atoms with Crippen LogP contribution in [0.1, 0.15) is 34.7 Å². The number of fused-ring (bicyclic) bond motifs is 3. The molecule has 2 N–H and O–H groups in total. The summed E-state index contributed by atoms with van der Waals surface area (Å²) in [5.41, 5.74) is 3.08. The van der Waals surface area contributed by atoms with Crippen LogP contribution >= 0.6 is 22.9 Å². The fourth-order valence-corrected chi connectivity index (χ4v) is 5.34. The topological polar surface area (TPSA) is 58.0 Å². The Morgan fingerprint density at radius 2 is 1.86 bits per heavy atom. The van der Waals surface area contributed by atoms with Crippen molar-refractivity contribution >= 4 is 44.7 Å². The number of aryl methyl sites for hydroxylation is 2. The number of hydrogen-bond donors (Lipinski definition) is 2. The van der Waals surface area contributed by atoms with Crippen LogP contribution < -0.4 is 5.32 Å². The van der Waals surface area contributed by atoms with Crippen molar-refractivity contribution in [2.24, 2.45) is 0 Å². The smallest absolute Gasteiger partial charge is 0.143 e. The lowest BCUT2D eigenvalue weighted by atomic mass is 9.97. The van der Waals surface area contributed by atoms with Crippen molar-refractivity contribution in [1.29, 1.82) is 0 Å². The average Bonchev–Trinajstić information content (AvgIpc) is 3.10. The number of thiophene rings is 1. The first-order chi connectivity index (χ1) is 14.2. The normalized spacial score (nSPS) is 13.4. The number of phenolic OH excluding ortho intramolecular Hbond substituents is 1. The van der Waals surface area contributed by atoms with Gasteiger partial charge >= 0.3 is 0 Å². The van der Waals surface area contributed by atoms with Crippen LogP contribution in [0.25, 0.3) is 10.2 Å². The van der Waals surface area contributed by atoms with Crippen molar-refractivity contribution in [3.8, 4) is 5.75 Å². The minimum atomic E-state index is 0.148. The second-order valence-electron chi connectivity index (χ2n) is 7.33. The van der Waals surface area contributed by atoms with Crippen molar-refractivity contribution in [3.05, 3.63) is 75.4 Å². The highest BCUT2D eigenvalue weighted by atomic mass is 35.5. The van der Waals surface area contributed by atoms with Crippen molar-refractivity contribution in [2.75, 3.05) is 5.32 Å². The van der Waals surface area contributed by atoms with Crippen LogP contribution in [-0.2, 0) is 19.3 Å². The van der Waals surface area contributed by atoms with Gasteiger partial charge in [0.25, 0.3) is 0 Å². The van der Waals surface area contributed by atoms with Crippen LogP contribution in [0.15, 0.2) is 48.5 Å². The molecule has 4 nitrogen and oxygen atoms in total. The van der Waals surface area contributed by atoms with E-state index in [0.717, 1.165) is 34.7 Å². The maximum Gasteiger partial charge on any atom is 0.143 e. The van der Waals surface area contributed by atoms with Crippen LogP contribution in [0.5, 0.6) is 5.75 Å². The highest BCUT2D eigenvalue weighted by Gasteiger charge is 2.22. The standard InChI is InChI=1S/C23H20ClN3OS/c24-15-10-11-18(28)17(13-15)25-22-21-16-8-4-5-9-19(16)29-23(21)27-20(26-22)12-14-6-2-1-3-7-14/h1-3,6-7,10-11,13,28H,4-5,8-9,12H2,(H,25,26,27). The van der Waals surface area contributed by atoms with Crippen molar-refractivity contribution < 1.29 is 5.11 Å². The molecule has 0 amide bonds. The summed E-state index contributed by atoms with van der Waals surface area (Å²) in [6.07, 6.45) is 5.23. The second-order valence-corrected chi connectivity index (χ2v) is 8.85. The van der Waals surface area contributed by atoms with Crippen LogP contribution in [-0.4, -0.2) is 15.1 Å². The minimum Gasteiger partial charge on any atom is -0.506 e. The molecule has 1 aliphatic rings. The van der Waals surface area contributed by atoms with Gasteiger partial charge in [0, 0.05) is 16.3 Å². The van der Waals surface area contributed by atoms with Gasteiger partial charge in [0.05, 0.1) is 11.1 Å². The summed E-state index contributed by atoms with van der Waals surface area (Å²) in [4.78, 5) is 12.2. The Hall–Kier alpha value is -2.63. The van der Waals surface area contributed by atoms with Gasteiger partial charge in [-0.25, -0.2) is 9.97 Å². The Morgan fingerprint density at radius 1 is 1.03 bits per heavy atom. The molecular weight excluding hydrogens is 402 g/mol. The van der Waals surface area contributed by atoms with Crippen LogP contribution in [0.3, 0.4) is 0 Å². The first-order valence-electron chi connectivity index (χ1n) is 9.78. The predicted molar refractivity (Wildman–Crippen MR) is 120 cm³/mol. The van der Waals surface area contributed by atoms with Gasteiger partial charge in [-0.3, -0.25) is 0 Å². The molecule has 1 aliphatic carbocycles. The number of nitrogens with zero attached hydrogens (tertiary/aromatic N) is 2. The molecule has 2 aromatic heterocycles.